The lowest BCUT2D eigenvalue weighted by atomic mass is 10.3. The van der Waals surface area contributed by atoms with E-state index in [1.807, 2.05) is 36.4 Å². The summed E-state index contributed by atoms with van der Waals surface area (Å²) < 4.78 is 0. The molecule has 0 atom stereocenters. The van der Waals surface area contributed by atoms with Gasteiger partial charge in [0.25, 0.3) is 0 Å². The summed E-state index contributed by atoms with van der Waals surface area (Å²) in [5.41, 5.74) is 2.15. The van der Waals surface area contributed by atoms with E-state index in [0.717, 1.165) is 36.9 Å². The van der Waals surface area contributed by atoms with Crippen LogP contribution in [0.2, 0.25) is 0 Å². The lowest BCUT2D eigenvalue weighted by Crippen LogP contribution is -2.37. The highest BCUT2D eigenvalue weighted by Gasteiger charge is 1.98. The molecule has 0 spiro atoms. The zero-order valence-corrected chi connectivity index (χ0v) is 12.9. The van der Waals surface area contributed by atoms with Crippen LogP contribution in [0.3, 0.4) is 0 Å². The van der Waals surface area contributed by atoms with Crippen LogP contribution in [0.5, 0.6) is 0 Å². The molecule has 1 aromatic heterocycles. The Morgan fingerprint density at radius 3 is 2.55 bits per heavy atom. The Morgan fingerprint density at radius 2 is 1.82 bits per heavy atom. The van der Waals surface area contributed by atoms with Crippen LogP contribution in [-0.2, 0) is 6.54 Å². The van der Waals surface area contributed by atoms with E-state index >= 15 is 0 Å². The molecule has 0 unspecified atom stereocenters. The Labute approximate surface area is 131 Å². The van der Waals surface area contributed by atoms with Gasteiger partial charge in [0.05, 0.1) is 12.2 Å². The second-order valence-electron chi connectivity index (χ2n) is 4.82. The SMILES string of the molecule is CN=C(NCCCNc1ccccc1)NCc1ccccn1. The fourth-order valence-corrected chi connectivity index (χ4v) is 1.98. The summed E-state index contributed by atoms with van der Waals surface area (Å²) in [6.07, 6.45) is 2.81. The molecule has 0 amide bonds. The van der Waals surface area contributed by atoms with Crippen molar-refractivity contribution in [2.75, 3.05) is 25.5 Å². The van der Waals surface area contributed by atoms with Crippen molar-refractivity contribution in [2.24, 2.45) is 4.99 Å². The predicted octanol–water partition coefficient (Wildman–Crippen LogP) is 2.25. The first-order valence-electron chi connectivity index (χ1n) is 7.52. The number of rotatable bonds is 7. The number of benzene rings is 1. The minimum atomic E-state index is 0.669. The Morgan fingerprint density at radius 1 is 1.00 bits per heavy atom. The standard InChI is InChI=1S/C17H23N5/c1-18-17(22-14-16-10-5-6-11-20-16)21-13-7-12-19-15-8-3-2-4-9-15/h2-6,8-11,19H,7,12-14H2,1H3,(H2,18,21,22). The lowest BCUT2D eigenvalue weighted by Gasteiger charge is -2.12. The fourth-order valence-electron chi connectivity index (χ4n) is 1.98. The third kappa shape index (κ3) is 5.83. The predicted molar refractivity (Wildman–Crippen MR) is 92.0 cm³/mol. The molecule has 3 N–H and O–H groups in total. The second kappa shape index (κ2) is 9.39. The molecule has 116 valence electrons. The van der Waals surface area contributed by atoms with E-state index in [-0.39, 0.29) is 0 Å². The number of nitrogens with zero attached hydrogens (tertiary/aromatic N) is 2. The minimum Gasteiger partial charge on any atom is -0.385 e. The molecular weight excluding hydrogens is 274 g/mol. The van der Waals surface area contributed by atoms with Crippen molar-refractivity contribution >= 4 is 11.6 Å². The third-order valence-electron chi connectivity index (χ3n) is 3.14. The largest absolute Gasteiger partial charge is 0.385 e. The van der Waals surface area contributed by atoms with Gasteiger partial charge in [-0.1, -0.05) is 24.3 Å². The van der Waals surface area contributed by atoms with E-state index in [0.29, 0.717) is 6.54 Å². The Hall–Kier alpha value is -2.56. The summed E-state index contributed by atoms with van der Waals surface area (Å²) in [4.78, 5) is 8.48. The van der Waals surface area contributed by atoms with Gasteiger partial charge in [0.1, 0.15) is 0 Å². The highest BCUT2D eigenvalue weighted by Crippen LogP contribution is 2.04. The van der Waals surface area contributed by atoms with Crippen molar-refractivity contribution < 1.29 is 0 Å². The molecule has 0 aliphatic carbocycles. The quantitative estimate of drug-likeness (QED) is 0.417. The molecule has 5 nitrogen and oxygen atoms in total. The van der Waals surface area contributed by atoms with Crippen LogP contribution in [0, 0.1) is 0 Å². The molecule has 2 rings (SSSR count). The maximum Gasteiger partial charge on any atom is 0.191 e. The maximum atomic E-state index is 4.27. The Bertz CT molecular complexity index is 554. The summed E-state index contributed by atoms with van der Waals surface area (Å²) >= 11 is 0. The van der Waals surface area contributed by atoms with Crippen LogP contribution >= 0.6 is 0 Å². The molecule has 22 heavy (non-hydrogen) atoms. The van der Waals surface area contributed by atoms with Gasteiger partial charge in [0.15, 0.2) is 5.96 Å². The molecule has 0 bridgehead atoms. The molecule has 0 fully saturated rings. The van der Waals surface area contributed by atoms with Gasteiger partial charge in [-0.05, 0) is 30.7 Å². The van der Waals surface area contributed by atoms with E-state index in [9.17, 15) is 0 Å². The molecule has 0 aliphatic rings. The number of pyridine rings is 1. The summed E-state index contributed by atoms with van der Waals surface area (Å²) in [5.74, 6) is 0.797. The van der Waals surface area contributed by atoms with Gasteiger partial charge >= 0.3 is 0 Å². The van der Waals surface area contributed by atoms with Crippen molar-refractivity contribution in [1.82, 2.24) is 15.6 Å². The van der Waals surface area contributed by atoms with Crippen LogP contribution in [-0.4, -0.2) is 31.1 Å². The number of para-hydroxylation sites is 1. The second-order valence-corrected chi connectivity index (χ2v) is 4.82. The van der Waals surface area contributed by atoms with Crippen LogP contribution < -0.4 is 16.0 Å². The number of aliphatic imine (C=N–C) groups is 1. The highest BCUT2D eigenvalue weighted by atomic mass is 15.2. The number of nitrogens with one attached hydrogen (secondary N) is 3. The van der Waals surface area contributed by atoms with Gasteiger partial charge in [-0.25, -0.2) is 0 Å². The van der Waals surface area contributed by atoms with Crippen LogP contribution in [0.15, 0.2) is 59.7 Å². The molecule has 0 saturated carbocycles. The summed E-state index contributed by atoms with van der Waals surface area (Å²) in [6.45, 7) is 2.46. The normalized spacial score (nSPS) is 11.0. The van der Waals surface area contributed by atoms with Gasteiger partial charge in [0.2, 0.25) is 0 Å². The number of aromatic nitrogens is 1. The van der Waals surface area contributed by atoms with Gasteiger partial charge in [-0.3, -0.25) is 9.98 Å². The van der Waals surface area contributed by atoms with Crippen molar-refractivity contribution in [3.8, 4) is 0 Å². The first kappa shape index (κ1) is 15.8. The van der Waals surface area contributed by atoms with E-state index < -0.39 is 0 Å². The first-order valence-corrected chi connectivity index (χ1v) is 7.52. The Balaban J connectivity index is 1.60. The van der Waals surface area contributed by atoms with Gasteiger partial charge in [-0.15, -0.1) is 0 Å². The number of hydrogen-bond donors (Lipinski definition) is 3. The van der Waals surface area contributed by atoms with E-state index in [4.69, 9.17) is 0 Å². The molecule has 2 aromatic rings. The Kier molecular flexibility index (Phi) is 6.75. The zero-order valence-electron chi connectivity index (χ0n) is 12.9. The first-order chi connectivity index (χ1) is 10.9. The summed E-state index contributed by atoms with van der Waals surface area (Å²) in [5, 5.41) is 9.93. The monoisotopic (exact) mass is 297 g/mol. The summed E-state index contributed by atoms with van der Waals surface area (Å²) in [7, 11) is 1.77. The van der Waals surface area contributed by atoms with Crippen LogP contribution in [0.25, 0.3) is 0 Å². The molecule has 1 aromatic carbocycles. The molecule has 0 aliphatic heterocycles. The van der Waals surface area contributed by atoms with Gasteiger partial charge in [0, 0.05) is 32.0 Å². The summed E-state index contributed by atoms with van der Waals surface area (Å²) in [6, 6.07) is 16.1. The number of hydrogen-bond acceptors (Lipinski definition) is 3. The zero-order chi connectivity index (χ0) is 15.5. The van der Waals surface area contributed by atoms with Gasteiger partial charge < -0.3 is 16.0 Å². The van der Waals surface area contributed by atoms with Crippen LogP contribution in [0.4, 0.5) is 5.69 Å². The highest BCUT2D eigenvalue weighted by molar-refractivity contribution is 5.79. The average Bonchev–Trinajstić information content (AvgIpc) is 2.59. The van der Waals surface area contributed by atoms with E-state index in [1.165, 1.54) is 0 Å². The molecule has 1 heterocycles. The van der Waals surface area contributed by atoms with Crippen LogP contribution in [0.1, 0.15) is 12.1 Å². The van der Waals surface area contributed by atoms with E-state index in [1.54, 1.807) is 13.2 Å². The number of anilines is 1. The third-order valence-corrected chi connectivity index (χ3v) is 3.14. The maximum absolute atomic E-state index is 4.27. The smallest absolute Gasteiger partial charge is 0.191 e. The van der Waals surface area contributed by atoms with Crippen molar-refractivity contribution in [1.29, 1.82) is 0 Å². The molecule has 0 radical (unpaired) electrons. The average molecular weight is 297 g/mol. The molecule has 5 heteroatoms. The lowest BCUT2D eigenvalue weighted by molar-refractivity contribution is 0.756. The fraction of sp³-hybridized carbons (Fsp3) is 0.294. The molecular formula is C17H23N5. The van der Waals surface area contributed by atoms with E-state index in [2.05, 4.69) is 38.1 Å². The van der Waals surface area contributed by atoms with Crippen molar-refractivity contribution in [3.05, 3.63) is 60.4 Å². The van der Waals surface area contributed by atoms with Crippen molar-refractivity contribution in [2.45, 2.75) is 13.0 Å². The minimum absolute atomic E-state index is 0.669. The van der Waals surface area contributed by atoms with Gasteiger partial charge in [-0.2, -0.15) is 0 Å². The number of guanidine groups is 1. The molecule has 0 saturated heterocycles. The topological polar surface area (TPSA) is 61.3 Å². The van der Waals surface area contributed by atoms with Crippen molar-refractivity contribution in [3.63, 3.8) is 0 Å².